The molecule has 0 radical (unpaired) electrons. The molecule has 0 spiro atoms. The predicted molar refractivity (Wildman–Crippen MR) is 79.4 cm³/mol. The Morgan fingerprint density at radius 3 is 2.60 bits per heavy atom. The first kappa shape index (κ1) is 13.5. The highest BCUT2D eigenvalue weighted by Gasteiger charge is 2.30. The van der Waals surface area contributed by atoms with Gasteiger partial charge in [-0.05, 0) is 47.9 Å². The summed E-state index contributed by atoms with van der Waals surface area (Å²) in [4.78, 5) is 0. The zero-order chi connectivity index (χ0) is 14.1. The van der Waals surface area contributed by atoms with Crippen molar-refractivity contribution >= 4 is 10.8 Å². The maximum atomic E-state index is 12.7. The van der Waals surface area contributed by atoms with Gasteiger partial charge in [-0.1, -0.05) is 48.4 Å². The Labute approximate surface area is 118 Å². The summed E-state index contributed by atoms with van der Waals surface area (Å²) in [5, 5.41) is 2.45. The van der Waals surface area contributed by atoms with Gasteiger partial charge in [-0.25, -0.2) is 8.78 Å². The highest BCUT2D eigenvalue weighted by Crippen LogP contribution is 2.43. The monoisotopic (exact) mass is 274 g/mol. The van der Waals surface area contributed by atoms with Crippen LogP contribution >= 0.6 is 0 Å². The number of aryl methyl sites for hydroxylation is 1. The first-order valence-corrected chi connectivity index (χ1v) is 7.42. The molecule has 2 aromatic rings. The summed E-state index contributed by atoms with van der Waals surface area (Å²) < 4.78 is 25.3. The van der Waals surface area contributed by atoms with E-state index < -0.39 is 6.43 Å². The van der Waals surface area contributed by atoms with E-state index in [9.17, 15) is 8.78 Å². The lowest BCUT2D eigenvalue weighted by atomic mass is 9.86. The lowest BCUT2D eigenvalue weighted by Crippen LogP contribution is -2.10. The molecule has 2 unspecified atom stereocenters. The van der Waals surface area contributed by atoms with E-state index in [2.05, 4.69) is 43.3 Å². The second-order valence-electron chi connectivity index (χ2n) is 6.03. The average Bonchev–Trinajstić information content (AvgIpc) is 2.85. The van der Waals surface area contributed by atoms with E-state index in [0.29, 0.717) is 5.92 Å². The van der Waals surface area contributed by atoms with E-state index in [1.165, 1.54) is 21.9 Å². The molecule has 1 aliphatic carbocycles. The van der Waals surface area contributed by atoms with Crippen LogP contribution < -0.4 is 0 Å². The van der Waals surface area contributed by atoms with Crippen LogP contribution in [0.5, 0.6) is 0 Å². The van der Waals surface area contributed by atoms with Crippen molar-refractivity contribution in [3.8, 4) is 0 Å². The van der Waals surface area contributed by atoms with Crippen molar-refractivity contribution < 1.29 is 8.78 Å². The number of fused-ring (bicyclic) bond motifs is 1. The molecule has 0 bridgehead atoms. The van der Waals surface area contributed by atoms with Gasteiger partial charge in [0.15, 0.2) is 0 Å². The summed E-state index contributed by atoms with van der Waals surface area (Å²) in [5.74, 6) is 0.465. The molecule has 0 aromatic heterocycles. The molecule has 20 heavy (non-hydrogen) atoms. The van der Waals surface area contributed by atoms with Crippen molar-refractivity contribution in [2.45, 2.75) is 45.0 Å². The van der Waals surface area contributed by atoms with Gasteiger partial charge in [0.25, 0.3) is 0 Å². The normalized spacial score (nSPS) is 22.8. The van der Waals surface area contributed by atoms with E-state index in [0.717, 1.165) is 19.3 Å². The van der Waals surface area contributed by atoms with Gasteiger partial charge in [-0.15, -0.1) is 0 Å². The van der Waals surface area contributed by atoms with Gasteiger partial charge in [0.05, 0.1) is 0 Å². The van der Waals surface area contributed by atoms with Gasteiger partial charge in [0.1, 0.15) is 0 Å². The maximum absolute atomic E-state index is 12.7. The number of benzene rings is 2. The molecule has 3 rings (SSSR count). The number of alkyl halides is 2. The predicted octanol–water partition coefficient (Wildman–Crippen LogP) is 5.69. The summed E-state index contributed by atoms with van der Waals surface area (Å²) in [5.41, 5.74) is 2.49. The van der Waals surface area contributed by atoms with Gasteiger partial charge in [-0.2, -0.15) is 0 Å². The summed E-state index contributed by atoms with van der Waals surface area (Å²) in [6.07, 6.45) is 0.948. The molecular weight excluding hydrogens is 254 g/mol. The minimum Gasteiger partial charge on any atom is -0.211 e. The highest BCUT2D eigenvalue weighted by atomic mass is 19.3. The van der Waals surface area contributed by atoms with Crippen molar-refractivity contribution in [1.29, 1.82) is 0 Å². The zero-order valence-corrected chi connectivity index (χ0v) is 11.8. The van der Waals surface area contributed by atoms with Crippen LogP contribution in [0.2, 0.25) is 0 Å². The molecule has 0 amide bonds. The highest BCUT2D eigenvalue weighted by molar-refractivity contribution is 5.83. The van der Waals surface area contributed by atoms with Gasteiger partial charge in [0, 0.05) is 6.42 Å². The van der Waals surface area contributed by atoms with Crippen molar-refractivity contribution in [2.75, 3.05) is 0 Å². The Balaban J connectivity index is 1.91. The molecule has 0 N–H and O–H groups in total. The van der Waals surface area contributed by atoms with Crippen molar-refractivity contribution in [1.82, 2.24) is 0 Å². The first-order chi connectivity index (χ1) is 9.63. The molecule has 1 saturated carbocycles. The zero-order valence-electron chi connectivity index (χ0n) is 11.8. The Morgan fingerprint density at radius 1 is 1.05 bits per heavy atom. The molecule has 1 fully saturated rings. The molecule has 0 aliphatic heterocycles. The van der Waals surface area contributed by atoms with Crippen LogP contribution in [0.25, 0.3) is 10.8 Å². The third-order valence-corrected chi connectivity index (χ3v) is 4.59. The van der Waals surface area contributed by atoms with Gasteiger partial charge < -0.3 is 0 Å². The van der Waals surface area contributed by atoms with Crippen LogP contribution in [0.4, 0.5) is 8.78 Å². The van der Waals surface area contributed by atoms with Crippen LogP contribution in [0.1, 0.15) is 42.7 Å². The largest absolute Gasteiger partial charge is 0.238 e. The summed E-state index contributed by atoms with van der Waals surface area (Å²) in [6.45, 7) is 2.09. The molecule has 0 saturated heterocycles. The Morgan fingerprint density at radius 2 is 1.80 bits per heavy atom. The number of rotatable bonds is 3. The fourth-order valence-electron chi connectivity index (χ4n) is 3.60. The van der Waals surface area contributed by atoms with Crippen LogP contribution in [0, 0.1) is 12.8 Å². The lowest BCUT2D eigenvalue weighted by molar-refractivity contribution is 0.112. The second kappa shape index (κ2) is 5.51. The lowest BCUT2D eigenvalue weighted by Gasteiger charge is -2.20. The number of hydrogen-bond acceptors (Lipinski definition) is 0. The van der Waals surface area contributed by atoms with E-state index in [1.807, 2.05) is 0 Å². The Hall–Kier alpha value is -1.44. The first-order valence-electron chi connectivity index (χ1n) is 7.42. The molecule has 0 nitrogen and oxygen atoms in total. The van der Waals surface area contributed by atoms with Gasteiger partial charge in [0.2, 0.25) is 6.43 Å². The van der Waals surface area contributed by atoms with Crippen molar-refractivity contribution in [3.63, 3.8) is 0 Å². The van der Waals surface area contributed by atoms with E-state index in [4.69, 9.17) is 0 Å². The minimum absolute atomic E-state index is 0.0522. The number of halogens is 2. The van der Waals surface area contributed by atoms with E-state index in [1.54, 1.807) is 0 Å². The Kier molecular flexibility index (Phi) is 3.73. The Bertz CT molecular complexity index is 603. The molecular formula is C18H20F2. The molecule has 2 aromatic carbocycles. The van der Waals surface area contributed by atoms with Crippen molar-refractivity contribution in [3.05, 3.63) is 47.5 Å². The summed E-state index contributed by atoms with van der Waals surface area (Å²) >= 11 is 0. The van der Waals surface area contributed by atoms with Crippen LogP contribution in [0.3, 0.4) is 0 Å². The topological polar surface area (TPSA) is 0 Å². The van der Waals surface area contributed by atoms with Gasteiger partial charge >= 0.3 is 0 Å². The molecule has 0 heterocycles. The second-order valence-corrected chi connectivity index (χ2v) is 6.03. The molecule has 2 atom stereocenters. The smallest absolute Gasteiger partial charge is 0.211 e. The van der Waals surface area contributed by atoms with Crippen molar-refractivity contribution in [2.24, 2.45) is 5.92 Å². The van der Waals surface area contributed by atoms with Crippen LogP contribution in [0.15, 0.2) is 36.4 Å². The maximum Gasteiger partial charge on any atom is 0.238 e. The third kappa shape index (κ3) is 2.70. The van der Waals surface area contributed by atoms with E-state index in [-0.39, 0.29) is 12.3 Å². The fraction of sp³-hybridized carbons (Fsp3) is 0.444. The van der Waals surface area contributed by atoms with Crippen LogP contribution in [-0.4, -0.2) is 6.43 Å². The minimum atomic E-state index is -2.18. The third-order valence-electron chi connectivity index (χ3n) is 4.59. The van der Waals surface area contributed by atoms with Crippen LogP contribution in [-0.2, 0) is 0 Å². The molecule has 1 aliphatic rings. The molecule has 106 valence electrons. The molecule has 2 heteroatoms. The standard InChI is InChI=1S/C18H20F2/c1-12-5-6-14-10-16(8-7-13(14)9-12)17-4-2-3-15(17)11-18(19)20/h5-10,15,17-18H,2-4,11H2,1H3. The van der Waals surface area contributed by atoms with Gasteiger partial charge in [-0.3, -0.25) is 0 Å². The SMILES string of the molecule is Cc1ccc2cc(C3CCCC3CC(F)F)ccc2c1. The summed E-state index contributed by atoms with van der Waals surface area (Å²) in [7, 11) is 0. The summed E-state index contributed by atoms with van der Waals surface area (Å²) in [6, 6.07) is 12.9. The van der Waals surface area contributed by atoms with E-state index >= 15 is 0 Å². The average molecular weight is 274 g/mol. The quantitative estimate of drug-likeness (QED) is 0.674. The fourth-order valence-corrected chi connectivity index (χ4v) is 3.60. The number of hydrogen-bond donors (Lipinski definition) is 0.